The van der Waals surface area contributed by atoms with Gasteiger partial charge in [-0.2, -0.15) is 13.2 Å². The van der Waals surface area contributed by atoms with Crippen molar-refractivity contribution >= 4 is 0 Å². The molecule has 0 unspecified atom stereocenters. The van der Waals surface area contributed by atoms with Crippen LogP contribution in [0.1, 0.15) is 28.8 Å². The van der Waals surface area contributed by atoms with Gasteiger partial charge in [0.25, 0.3) is 5.56 Å². The lowest BCUT2D eigenvalue weighted by atomic mass is 9.92. The molecule has 0 amide bonds. The molecule has 0 aliphatic carbocycles. The number of halogens is 3. The molecule has 1 aromatic carbocycles. The van der Waals surface area contributed by atoms with Crippen molar-refractivity contribution in [2.24, 2.45) is 7.05 Å². The van der Waals surface area contributed by atoms with Crippen LogP contribution in [-0.4, -0.2) is 11.2 Å². The van der Waals surface area contributed by atoms with Crippen molar-refractivity contribution in [2.45, 2.75) is 32.9 Å². The zero-order chi connectivity index (χ0) is 17.6. The van der Waals surface area contributed by atoms with Gasteiger partial charge in [0.2, 0.25) is 0 Å². The first kappa shape index (κ1) is 16.6. The fourth-order valence-corrected chi connectivity index (χ4v) is 3.13. The Bertz CT molecular complexity index is 866. The molecule has 1 aromatic heterocycles. The minimum atomic E-state index is -4.61. The number of aryl methyl sites for hydroxylation is 2. The van der Waals surface area contributed by atoms with E-state index in [1.807, 2.05) is 6.92 Å². The Morgan fingerprint density at radius 1 is 1.21 bits per heavy atom. The molecule has 1 aliphatic heterocycles. The highest BCUT2D eigenvalue weighted by molar-refractivity contribution is 5.76. The molecule has 0 radical (unpaired) electrons. The summed E-state index contributed by atoms with van der Waals surface area (Å²) in [4.78, 5) is 12.6. The molecule has 0 atom stereocenters. The number of fused-ring (bicyclic) bond motifs is 1. The minimum Gasteiger partial charge on any atom is -0.493 e. The van der Waals surface area contributed by atoms with Crippen LogP contribution in [0.2, 0.25) is 0 Å². The van der Waals surface area contributed by atoms with Gasteiger partial charge < -0.3 is 9.30 Å². The molecule has 3 nitrogen and oxygen atoms in total. The molecule has 0 spiro atoms. The van der Waals surface area contributed by atoms with Gasteiger partial charge in [0.05, 0.1) is 17.7 Å². The third kappa shape index (κ3) is 2.60. The highest BCUT2D eigenvalue weighted by Gasteiger charge is 2.37. The number of nitrogens with zero attached hydrogens (tertiary/aromatic N) is 1. The summed E-state index contributed by atoms with van der Waals surface area (Å²) in [6.07, 6.45) is -3.06. The number of alkyl halides is 3. The molecule has 2 aromatic rings. The highest BCUT2D eigenvalue weighted by atomic mass is 19.4. The van der Waals surface area contributed by atoms with E-state index < -0.39 is 17.3 Å². The second kappa shape index (κ2) is 5.69. The number of ether oxygens (including phenoxy) is 1. The molecule has 0 fully saturated rings. The van der Waals surface area contributed by atoms with E-state index in [9.17, 15) is 18.0 Å². The monoisotopic (exact) mass is 337 g/mol. The van der Waals surface area contributed by atoms with Gasteiger partial charge in [-0.1, -0.05) is 12.1 Å². The fraction of sp³-hybridized carbons (Fsp3) is 0.389. The minimum absolute atomic E-state index is 0.225. The molecule has 6 heteroatoms. The zero-order valence-corrected chi connectivity index (χ0v) is 13.8. The molecule has 3 rings (SSSR count). The largest absolute Gasteiger partial charge is 0.493 e. The van der Waals surface area contributed by atoms with E-state index in [0.29, 0.717) is 12.4 Å². The Morgan fingerprint density at radius 3 is 2.58 bits per heavy atom. The molecule has 24 heavy (non-hydrogen) atoms. The zero-order valence-electron chi connectivity index (χ0n) is 13.8. The van der Waals surface area contributed by atoms with E-state index in [0.717, 1.165) is 30.0 Å². The first-order valence-corrected chi connectivity index (χ1v) is 7.75. The van der Waals surface area contributed by atoms with Crippen molar-refractivity contribution in [1.29, 1.82) is 0 Å². The summed E-state index contributed by atoms with van der Waals surface area (Å²) in [6.45, 7) is 3.83. The van der Waals surface area contributed by atoms with Gasteiger partial charge in [-0.05, 0) is 43.9 Å². The van der Waals surface area contributed by atoms with E-state index in [1.165, 1.54) is 18.5 Å². The first-order chi connectivity index (χ1) is 11.2. The summed E-state index contributed by atoms with van der Waals surface area (Å²) in [5.74, 6) is 0.410. The Labute approximate surface area is 137 Å². The number of hydrogen-bond donors (Lipinski definition) is 0. The summed E-state index contributed by atoms with van der Waals surface area (Å²) >= 11 is 0. The van der Waals surface area contributed by atoms with Crippen LogP contribution in [0, 0.1) is 13.8 Å². The SMILES string of the molecule is Cc1ccc(-c2c(C(F)(F)F)cc(C)n(C)c2=O)c2c1CCCO2. The maximum Gasteiger partial charge on any atom is 0.417 e. The number of aromatic nitrogens is 1. The van der Waals surface area contributed by atoms with Crippen molar-refractivity contribution < 1.29 is 17.9 Å². The van der Waals surface area contributed by atoms with Crippen molar-refractivity contribution in [2.75, 3.05) is 6.61 Å². The molecule has 0 N–H and O–H groups in total. The Hall–Kier alpha value is -2.24. The molecular formula is C18H18F3NO2. The molecule has 0 bridgehead atoms. The third-order valence-corrected chi connectivity index (χ3v) is 4.56. The predicted molar refractivity (Wildman–Crippen MR) is 85.4 cm³/mol. The van der Waals surface area contributed by atoms with Crippen LogP contribution >= 0.6 is 0 Å². The van der Waals surface area contributed by atoms with Crippen LogP contribution in [0.4, 0.5) is 13.2 Å². The maximum absolute atomic E-state index is 13.5. The van der Waals surface area contributed by atoms with Gasteiger partial charge in [-0.3, -0.25) is 4.79 Å². The van der Waals surface area contributed by atoms with E-state index in [-0.39, 0.29) is 16.8 Å². The van der Waals surface area contributed by atoms with Crippen molar-refractivity contribution in [3.8, 4) is 16.9 Å². The smallest absolute Gasteiger partial charge is 0.417 e. The topological polar surface area (TPSA) is 31.2 Å². The predicted octanol–water partition coefficient (Wildman–Crippen LogP) is 4.01. The van der Waals surface area contributed by atoms with Crippen LogP contribution in [-0.2, 0) is 19.6 Å². The summed E-state index contributed by atoms with van der Waals surface area (Å²) in [6, 6.07) is 4.33. The van der Waals surface area contributed by atoms with Gasteiger partial charge in [-0.25, -0.2) is 0 Å². The third-order valence-electron chi connectivity index (χ3n) is 4.56. The molecule has 128 valence electrons. The van der Waals surface area contributed by atoms with Gasteiger partial charge in [0.15, 0.2) is 0 Å². The van der Waals surface area contributed by atoms with Gasteiger partial charge in [0.1, 0.15) is 5.75 Å². The summed E-state index contributed by atoms with van der Waals surface area (Å²) in [5, 5.41) is 0. The number of pyridine rings is 1. The van der Waals surface area contributed by atoms with Crippen LogP contribution in [0.3, 0.4) is 0 Å². The van der Waals surface area contributed by atoms with Crippen molar-refractivity contribution in [3.05, 3.63) is 50.9 Å². The van der Waals surface area contributed by atoms with Crippen molar-refractivity contribution in [3.63, 3.8) is 0 Å². The quantitative estimate of drug-likeness (QED) is 0.787. The standard InChI is InChI=1S/C18H18F3NO2/c1-10-6-7-13(16-12(10)5-4-8-24-16)15-14(18(19,20)21)9-11(2)22(3)17(15)23/h6-7,9H,4-5,8H2,1-3H3. The van der Waals surface area contributed by atoms with E-state index in [4.69, 9.17) is 4.74 Å². The lowest BCUT2D eigenvalue weighted by molar-refractivity contribution is -0.137. The van der Waals surface area contributed by atoms with Crippen LogP contribution in [0.25, 0.3) is 11.1 Å². The second-order valence-corrected chi connectivity index (χ2v) is 6.13. The lowest BCUT2D eigenvalue weighted by Crippen LogP contribution is -2.26. The van der Waals surface area contributed by atoms with E-state index >= 15 is 0 Å². The fourth-order valence-electron chi connectivity index (χ4n) is 3.13. The summed E-state index contributed by atoms with van der Waals surface area (Å²) < 4.78 is 47.5. The van der Waals surface area contributed by atoms with Crippen LogP contribution in [0.5, 0.6) is 5.75 Å². The molecule has 2 heterocycles. The van der Waals surface area contributed by atoms with E-state index in [2.05, 4.69) is 0 Å². The Morgan fingerprint density at radius 2 is 1.92 bits per heavy atom. The second-order valence-electron chi connectivity index (χ2n) is 6.13. The van der Waals surface area contributed by atoms with Crippen molar-refractivity contribution in [1.82, 2.24) is 4.57 Å². The lowest BCUT2D eigenvalue weighted by Gasteiger charge is -2.24. The molecule has 1 aliphatic rings. The van der Waals surface area contributed by atoms with Crippen LogP contribution in [0.15, 0.2) is 23.0 Å². The normalized spacial score (nSPS) is 14.2. The summed E-state index contributed by atoms with van der Waals surface area (Å²) in [5.41, 5.74) is 0.418. The average molecular weight is 337 g/mol. The van der Waals surface area contributed by atoms with Gasteiger partial charge >= 0.3 is 6.18 Å². The first-order valence-electron chi connectivity index (χ1n) is 7.75. The Balaban J connectivity index is 2.39. The summed E-state index contributed by atoms with van der Waals surface area (Å²) in [7, 11) is 1.48. The van der Waals surface area contributed by atoms with Gasteiger partial charge in [-0.15, -0.1) is 0 Å². The Kier molecular flexibility index (Phi) is 3.94. The molecular weight excluding hydrogens is 319 g/mol. The number of rotatable bonds is 1. The average Bonchev–Trinajstić information content (AvgIpc) is 2.53. The van der Waals surface area contributed by atoms with E-state index in [1.54, 1.807) is 12.1 Å². The molecule has 0 saturated heterocycles. The van der Waals surface area contributed by atoms with Gasteiger partial charge in [0, 0.05) is 18.3 Å². The molecule has 0 saturated carbocycles. The number of benzene rings is 1. The highest BCUT2D eigenvalue weighted by Crippen LogP contribution is 2.42. The maximum atomic E-state index is 13.5. The van der Waals surface area contributed by atoms with Crippen LogP contribution < -0.4 is 10.3 Å². The number of hydrogen-bond acceptors (Lipinski definition) is 2.